The molecule has 1 aliphatic rings. The number of piperazine rings is 1. The fraction of sp³-hybridized carbons (Fsp3) is 0.364. The summed E-state index contributed by atoms with van der Waals surface area (Å²) in [7, 11) is -3.71. The van der Waals surface area contributed by atoms with Crippen molar-refractivity contribution < 1.29 is 22.4 Å². The molecule has 0 unspecified atom stereocenters. The van der Waals surface area contributed by atoms with Crippen LogP contribution in [0, 0.1) is 19.7 Å². The first-order valence-electron chi connectivity index (χ1n) is 9.80. The lowest BCUT2D eigenvalue weighted by atomic mass is 9.93. The molecule has 1 saturated heterocycles. The molecule has 1 aliphatic heterocycles. The van der Waals surface area contributed by atoms with Crippen molar-refractivity contribution in [2.24, 2.45) is 0 Å². The summed E-state index contributed by atoms with van der Waals surface area (Å²) in [5.74, 6) is -1.52. The summed E-state index contributed by atoms with van der Waals surface area (Å²) in [6, 6.07) is 11.5. The third-order valence-electron chi connectivity index (χ3n) is 5.47. The Kier molecular flexibility index (Phi) is 6.20. The summed E-state index contributed by atoms with van der Waals surface area (Å²) in [5.41, 5.74) is 1.27. The molecular formula is C22H26FN3O4S. The van der Waals surface area contributed by atoms with E-state index in [0.717, 1.165) is 21.7 Å². The van der Waals surface area contributed by atoms with E-state index in [0.29, 0.717) is 11.3 Å². The van der Waals surface area contributed by atoms with Crippen LogP contribution in [0.25, 0.3) is 0 Å². The highest BCUT2D eigenvalue weighted by molar-refractivity contribution is 7.88. The number of aryl methyl sites for hydroxylation is 2. The number of sulfonamides is 1. The predicted octanol–water partition coefficient (Wildman–Crippen LogP) is 2.13. The van der Waals surface area contributed by atoms with Crippen molar-refractivity contribution in [1.82, 2.24) is 9.62 Å². The van der Waals surface area contributed by atoms with E-state index in [1.165, 1.54) is 30.0 Å². The largest absolute Gasteiger partial charge is 0.350 e. The molecule has 0 bridgehead atoms. The van der Waals surface area contributed by atoms with Gasteiger partial charge < -0.3 is 5.32 Å². The zero-order valence-corrected chi connectivity index (χ0v) is 18.8. The Labute approximate surface area is 181 Å². The van der Waals surface area contributed by atoms with Crippen LogP contribution < -0.4 is 10.2 Å². The summed E-state index contributed by atoms with van der Waals surface area (Å²) in [6.45, 7) is 4.73. The number of nitrogens with one attached hydrogen (secondary N) is 1. The molecule has 0 saturated carbocycles. The second-order valence-corrected chi connectivity index (χ2v) is 10.1. The molecule has 2 aromatic rings. The zero-order valence-electron chi connectivity index (χ0n) is 18.0. The molecule has 166 valence electrons. The highest BCUT2D eigenvalue weighted by Gasteiger charge is 2.50. The molecule has 0 aliphatic carbocycles. The Balaban J connectivity index is 1.98. The van der Waals surface area contributed by atoms with Gasteiger partial charge in [0.1, 0.15) is 11.4 Å². The van der Waals surface area contributed by atoms with E-state index < -0.39 is 39.7 Å². The standard InChI is InChI=1S/C22H26FN3O4S/c1-15-5-7-17(8-6-15)12-24-21(28)22(3)14-25(31(4,29)30)13-20(27)26(22)19-10-9-18(23)11-16(19)2/h5-11H,12-14H2,1-4H3,(H,24,28)/t22-/m0/s1. The Bertz CT molecular complexity index is 1120. The monoisotopic (exact) mass is 447 g/mol. The van der Waals surface area contributed by atoms with Crippen molar-refractivity contribution in [3.05, 3.63) is 65.0 Å². The average Bonchev–Trinajstić information content (AvgIpc) is 2.67. The van der Waals surface area contributed by atoms with Gasteiger partial charge in [-0.3, -0.25) is 14.5 Å². The minimum Gasteiger partial charge on any atom is -0.350 e. The van der Waals surface area contributed by atoms with Gasteiger partial charge in [0.05, 0.1) is 12.8 Å². The second kappa shape index (κ2) is 8.39. The molecular weight excluding hydrogens is 421 g/mol. The molecule has 3 rings (SSSR count). The Morgan fingerprint density at radius 3 is 2.39 bits per heavy atom. The van der Waals surface area contributed by atoms with Gasteiger partial charge in [0.2, 0.25) is 21.8 Å². The molecule has 7 nitrogen and oxygen atoms in total. The fourth-order valence-corrected chi connectivity index (χ4v) is 4.55. The highest BCUT2D eigenvalue weighted by atomic mass is 32.2. The van der Waals surface area contributed by atoms with E-state index >= 15 is 0 Å². The van der Waals surface area contributed by atoms with Crippen LogP contribution in [0.2, 0.25) is 0 Å². The molecule has 2 aromatic carbocycles. The Morgan fingerprint density at radius 2 is 1.81 bits per heavy atom. The van der Waals surface area contributed by atoms with Crippen LogP contribution in [-0.2, 0) is 26.2 Å². The van der Waals surface area contributed by atoms with Crippen LogP contribution in [0.5, 0.6) is 0 Å². The number of anilines is 1. The van der Waals surface area contributed by atoms with Gasteiger partial charge in [-0.2, -0.15) is 4.31 Å². The van der Waals surface area contributed by atoms with Crippen LogP contribution in [0.4, 0.5) is 10.1 Å². The number of amides is 2. The smallest absolute Gasteiger partial charge is 0.247 e. The lowest BCUT2D eigenvalue weighted by Gasteiger charge is -2.46. The molecule has 1 fully saturated rings. The Morgan fingerprint density at radius 1 is 1.16 bits per heavy atom. The maximum atomic E-state index is 13.6. The zero-order chi connectivity index (χ0) is 23.0. The highest BCUT2D eigenvalue weighted by Crippen LogP contribution is 2.33. The van der Waals surface area contributed by atoms with Gasteiger partial charge in [-0.25, -0.2) is 12.8 Å². The van der Waals surface area contributed by atoms with Crippen molar-refractivity contribution in [2.75, 3.05) is 24.2 Å². The Hall–Kier alpha value is -2.78. The molecule has 2 amide bonds. The van der Waals surface area contributed by atoms with Crippen molar-refractivity contribution in [2.45, 2.75) is 32.9 Å². The van der Waals surface area contributed by atoms with E-state index in [1.807, 2.05) is 31.2 Å². The summed E-state index contributed by atoms with van der Waals surface area (Å²) >= 11 is 0. The van der Waals surface area contributed by atoms with Gasteiger partial charge in [-0.05, 0) is 50.1 Å². The number of rotatable bonds is 5. The first-order valence-corrected chi connectivity index (χ1v) is 11.6. The third-order valence-corrected chi connectivity index (χ3v) is 6.67. The maximum Gasteiger partial charge on any atom is 0.247 e. The number of carbonyl (C=O) groups excluding carboxylic acids is 2. The molecule has 9 heteroatoms. The number of hydrogen-bond donors (Lipinski definition) is 1. The quantitative estimate of drug-likeness (QED) is 0.761. The van der Waals surface area contributed by atoms with Crippen molar-refractivity contribution >= 4 is 27.5 Å². The first kappa shape index (κ1) is 22.9. The number of halogens is 1. The van der Waals surface area contributed by atoms with E-state index in [1.54, 1.807) is 6.92 Å². The van der Waals surface area contributed by atoms with Crippen LogP contribution in [-0.4, -0.2) is 49.4 Å². The van der Waals surface area contributed by atoms with Crippen molar-refractivity contribution in [3.63, 3.8) is 0 Å². The van der Waals surface area contributed by atoms with Crippen LogP contribution in [0.1, 0.15) is 23.6 Å². The number of benzene rings is 2. The van der Waals surface area contributed by atoms with Gasteiger partial charge in [0, 0.05) is 18.8 Å². The summed E-state index contributed by atoms with van der Waals surface area (Å²) in [6.07, 6.45) is 1.00. The third kappa shape index (κ3) is 4.77. The molecule has 1 atom stereocenters. The normalized spacial score (nSPS) is 20.0. The average molecular weight is 448 g/mol. The van der Waals surface area contributed by atoms with Crippen LogP contribution in [0.3, 0.4) is 0 Å². The van der Waals surface area contributed by atoms with E-state index in [2.05, 4.69) is 5.32 Å². The van der Waals surface area contributed by atoms with Gasteiger partial charge in [0.15, 0.2) is 0 Å². The molecule has 0 radical (unpaired) electrons. The first-order chi connectivity index (χ1) is 14.4. The SMILES string of the molecule is Cc1ccc(CNC(=O)[C@]2(C)CN(S(C)(=O)=O)CC(=O)N2c2ccc(F)cc2C)cc1. The second-order valence-electron chi connectivity index (χ2n) is 8.13. The van der Waals surface area contributed by atoms with Gasteiger partial charge in [-0.1, -0.05) is 29.8 Å². The van der Waals surface area contributed by atoms with E-state index in [4.69, 9.17) is 0 Å². The lowest BCUT2D eigenvalue weighted by Crippen LogP contribution is -2.70. The minimum atomic E-state index is -3.71. The lowest BCUT2D eigenvalue weighted by molar-refractivity contribution is -0.133. The number of nitrogens with zero attached hydrogens (tertiary/aromatic N) is 2. The molecule has 0 aromatic heterocycles. The van der Waals surface area contributed by atoms with Gasteiger partial charge >= 0.3 is 0 Å². The van der Waals surface area contributed by atoms with Crippen LogP contribution in [0.15, 0.2) is 42.5 Å². The number of carbonyl (C=O) groups is 2. The fourth-order valence-electron chi connectivity index (χ4n) is 3.72. The molecule has 1 heterocycles. The van der Waals surface area contributed by atoms with Gasteiger partial charge in [0.25, 0.3) is 0 Å². The predicted molar refractivity (Wildman–Crippen MR) is 116 cm³/mol. The molecule has 1 N–H and O–H groups in total. The maximum absolute atomic E-state index is 13.6. The summed E-state index contributed by atoms with van der Waals surface area (Å²) in [5, 5.41) is 2.82. The van der Waals surface area contributed by atoms with E-state index in [9.17, 15) is 22.4 Å². The van der Waals surface area contributed by atoms with Crippen molar-refractivity contribution in [3.8, 4) is 0 Å². The van der Waals surface area contributed by atoms with Gasteiger partial charge in [-0.15, -0.1) is 0 Å². The van der Waals surface area contributed by atoms with Crippen molar-refractivity contribution in [1.29, 1.82) is 0 Å². The summed E-state index contributed by atoms with van der Waals surface area (Å²) in [4.78, 5) is 27.7. The minimum absolute atomic E-state index is 0.214. The summed E-state index contributed by atoms with van der Waals surface area (Å²) < 4.78 is 39.0. The molecule has 31 heavy (non-hydrogen) atoms. The molecule has 0 spiro atoms. The van der Waals surface area contributed by atoms with Crippen LogP contribution >= 0.6 is 0 Å². The number of hydrogen-bond acceptors (Lipinski definition) is 4. The topological polar surface area (TPSA) is 86.8 Å². The van der Waals surface area contributed by atoms with E-state index in [-0.39, 0.29) is 13.1 Å².